The number of nitrogens with one attached hydrogen (secondary N) is 1. The van der Waals surface area contributed by atoms with Gasteiger partial charge in [-0.3, -0.25) is 4.68 Å². The molecule has 0 radical (unpaired) electrons. The second kappa shape index (κ2) is 6.61. The number of rotatable bonds is 7. The zero-order chi connectivity index (χ0) is 11.9. The minimum atomic E-state index is 0.686. The van der Waals surface area contributed by atoms with Gasteiger partial charge in [0.15, 0.2) is 5.75 Å². The lowest BCUT2D eigenvalue weighted by molar-refractivity contribution is 0.185. The van der Waals surface area contributed by atoms with E-state index in [4.69, 9.17) is 9.47 Å². The largest absolute Gasteiger partial charge is 0.491 e. The maximum absolute atomic E-state index is 5.35. The van der Waals surface area contributed by atoms with Crippen molar-refractivity contribution in [1.82, 2.24) is 15.1 Å². The van der Waals surface area contributed by atoms with Gasteiger partial charge in [-0.05, 0) is 19.3 Å². The van der Waals surface area contributed by atoms with E-state index >= 15 is 0 Å². The third-order valence-corrected chi connectivity index (χ3v) is 2.90. The van der Waals surface area contributed by atoms with Gasteiger partial charge in [0.2, 0.25) is 0 Å². The maximum atomic E-state index is 5.35. The van der Waals surface area contributed by atoms with Gasteiger partial charge in [0, 0.05) is 19.7 Å². The Balaban J connectivity index is 1.60. The highest BCUT2D eigenvalue weighted by Gasteiger charge is 2.14. The van der Waals surface area contributed by atoms with Crippen LogP contribution in [0.3, 0.4) is 0 Å². The fraction of sp³-hybridized carbons (Fsp3) is 0.750. The molecule has 1 aliphatic rings. The van der Waals surface area contributed by atoms with Crippen LogP contribution in [0.2, 0.25) is 0 Å². The molecule has 5 nitrogen and oxygen atoms in total. The molecule has 0 saturated carbocycles. The maximum Gasteiger partial charge on any atom is 0.157 e. The minimum absolute atomic E-state index is 0.686. The van der Waals surface area contributed by atoms with E-state index in [2.05, 4.69) is 10.4 Å². The second-order valence-electron chi connectivity index (χ2n) is 4.31. The Morgan fingerprint density at radius 2 is 2.59 bits per heavy atom. The fourth-order valence-electron chi connectivity index (χ4n) is 1.95. The summed E-state index contributed by atoms with van der Waals surface area (Å²) in [5.74, 6) is 1.53. The Labute approximate surface area is 102 Å². The number of aromatic nitrogens is 2. The quantitative estimate of drug-likeness (QED) is 0.718. The summed E-state index contributed by atoms with van der Waals surface area (Å²) in [6, 6.07) is 0. The molecule has 0 bridgehead atoms. The molecule has 17 heavy (non-hydrogen) atoms. The van der Waals surface area contributed by atoms with Gasteiger partial charge in [-0.25, -0.2) is 0 Å². The van der Waals surface area contributed by atoms with Crippen LogP contribution in [0, 0.1) is 5.92 Å². The third kappa shape index (κ3) is 4.02. The third-order valence-electron chi connectivity index (χ3n) is 2.90. The molecule has 2 heterocycles. The summed E-state index contributed by atoms with van der Waals surface area (Å²) in [5.41, 5.74) is 0. The van der Waals surface area contributed by atoms with E-state index in [9.17, 15) is 0 Å². The molecule has 1 fully saturated rings. The summed E-state index contributed by atoms with van der Waals surface area (Å²) >= 11 is 0. The van der Waals surface area contributed by atoms with Crippen LogP contribution in [0.4, 0.5) is 0 Å². The van der Waals surface area contributed by atoms with Crippen molar-refractivity contribution < 1.29 is 9.47 Å². The lowest BCUT2D eigenvalue weighted by atomic mass is 10.1. The van der Waals surface area contributed by atoms with Gasteiger partial charge < -0.3 is 14.8 Å². The van der Waals surface area contributed by atoms with Crippen molar-refractivity contribution in [1.29, 1.82) is 0 Å². The molecule has 96 valence electrons. The molecule has 1 aromatic heterocycles. The molecule has 1 unspecified atom stereocenters. The molecular weight excluding hydrogens is 218 g/mol. The average molecular weight is 239 g/mol. The first kappa shape index (κ1) is 12.4. The molecule has 0 spiro atoms. The monoisotopic (exact) mass is 239 g/mol. The first-order valence-electron chi connectivity index (χ1n) is 6.32. The van der Waals surface area contributed by atoms with Crippen molar-refractivity contribution >= 4 is 0 Å². The lowest BCUT2D eigenvalue weighted by Gasteiger charge is -2.09. The first-order chi connectivity index (χ1) is 8.38. The Morgan fingerprint density at radius 3 is 3.35 bits per heavy atom. The smallest absolute Gasteiger partial charge is 0.157 e. The van der Waals surface area contributed by atoms with Crippen molar-refractivity contribution in [3.05, 3.63) is 12.4 Å². The van der Waals surface area contributed by atoms with Gasteiger partial charge in [-0.15, -0.1) is 0 Å². The van der Waals surface area contributed by atoms with Gasteiger partial charge in [0.25, 0.3) is 0 Å². The Hall–Kier alpha value is -1.07. The highest BCUT2D eigenvalue weighted by Crippen LogP contribution is 2.10. The van der Waals surface area contributed by atoms with Crippen molar-refractivity contribution in [2.75, 3.05) is 32.9 Å². The van der Waals surface area contributed by atoms with Crippen molar-refractivity contribution in [2.45, 2.75) is 19.9 Å². The topological polar surface area (TPSA) is 48.3 Å². The minimum Gasteiger partial charge on any atom is -0.491 e. The predicted octanol–water partition coefficient (Wildman–Crippen LogP) is 0.908. The first-order valence-corrected chi connectivity index (χ1v) is 6.32. The predicted molar refractivity (Wildman–Crippen MR) is 65.2 cm³/mol. The zero-order valence-corrected chi connectivity index (χ0v) is 10.4. The normalized spacial score (nSPS) is 19.7. The average Bonchev–Trinajstić information content (AvgIpc) is 2.96. The molecule has 1 aromatic rings. The van der Waals surface area contributed by atoms with Crippen LogP contribution in [0.25, 0.3) is 0 Å². The molecule has 5 heteroatoms. The standard InChI is InChI=1S/C12H21N3O2/c1-2-17-12-8-14-15(9-12)5-4-13-7-11-3-6-16-10-11/h8-9,11,13H,2-7,10H2,1H3. The van der Waals surface area contributed by atoms with Gasteiger partial charge in [0.05, 0.1) is 32.2 Å². The molecule has 1 saturated heterocycles. The summed E-state index contributed by atoms with van der Waals surface area (Å²) < 4.78 is 12.6. The number of hydrogen-bond donors (Lipinski definition) is 1. The van der Waals surface area contributed by atoms with Gasteiger partial charge in [-0.1, -0.05) is 0 Å². The van der Waals surface area contributed by atoms with Crippen molar-refractivity contribution in [3.63, 3.8) is 0 Å². The molecule has 0 aliphatic carbocycles. The van der Waals surface area contributed by atoms with Gasteiger partial charge in [-0.2, -0.15) is 5.10 Å². The summed E-state index contributed by atoms with van der Waals surface area (Å²) in [7, 11) is 0. The van der Waals surface area contributed by atoms with Crippen LogP contribution in [0.15, 0.2) is 12.4 Å². The summed E-state index contributed by atoms with van der Waals surface area (Å²) in [6.07, 6.45) is 4.88. The van der Waals surface area contributed by atoms with Crippen LogP contribution >= 0.6 is 0 Å². The number of ether oxygens (including phenoxy) is 2. The summed E-state index contributed by atoms with van der Waals surface area (Å²) in [4.78, 5) is 0. The Morgan fingerprint density at radius 1 is 1.65 bits per heavy atom. The molecule has 1 atom stereocenters. The van der Waals surface area contributed by atoms with Crippen LogP contribution in [0.1, 0.15) is 13.3 Å². The van der Waals surface area contributed by atoms with E-state index in [0.717, 1.165) is 38.6 Å². The SMILES string of the molecule is CCOc1cnn(CCNCC2CCOC2)c1. The van der Waals surface area contributed by atoms with E-state index in [1.54, 1.807) is 6.20 Å². The van der Waals surface area contributed by atoms with Gasteiger partial charge >= 0.3 is 0 Å². The molecule has 1 N–H and O–H groups in total. The van der Waals surface area contributed by atoms with E-state index in [-0.39, 0.29) is 0 Å². The zero-order valence-electron chi connectivity index (χ0n) is 10.4. The van der Waals surface area contributed by atoms with E-state index in [1.165, 1.54) is 6.42 Å². The van der Waals surface area contributed by atoms with Crippen molar-refractivity contribution in [2.24, 2.45) is 5.92 Å². The number of hydrogen-bond acceptors (Lipinski definition) is 4. The van der Waals surface area contributed by atoms with Crippen LogP contribution < -0.4 is 10.1 Å². The molecule has 0 aromatic carbocycles. The second-order valence-corrected chi connectivity index (χ2v) is 4.31. The molecular formula is C12H21N3O2. The molecule has 2 rings (SSSR count). The summed E-state index contributed by atoms with van der Waals surface area (Å²) in [5, 5.41) is 7.67. The van der Waals surface area contributed by atoms with E-state index < -0.39 is 0 Å². The number of nitrogens with zero attached hydrogens (tertiary/aromatic N) is 2. The van der Waals surface area contributed by atoms with Crippen LogP contribution in [0.5, 0.6) is 5.75 Å². The lowest BCUT2D eigenvalue weighted by Crippen LogP contribution is -2.26. The van der Waals surface area contributed by atoms with Crippen LogP contribution in [-0.4, -0.2) is 42.7 Å². The highest BCUT2D eigenvalue weighted by molar-refractivity contribution is 5.11. The van der Waals surface area contributed by atoms with Crippen LogP contribution in [-0.2, 0) is 11.3 Å². The molecule has 1 aliphatic heterocycles. The Kier molecular flexibility index (Phi) is 4.82. The fourth-order valence-corrected chi connectivity index (χ4v) is 1.95. The van der Waals surface area contributed by atoms with E-state index in [0.29, 0.717) is 12.5 Å². The summed E-state index contributed by atoms with van der Waals surface area (Å²) in [6.45, 7) is 7.34. The van der Waals surface area contributed by atoms with Crippen molar-refractivity contribution in [3.8, 4) is 5.75 Å². The highest BCUT2D eigenvalue weighted by atomic mass is 16.5. The van der Waals surface area contributed by atoms with Gasteiger partial charge in [0.1, 0.15) is 0 Å². The molecule has 0 amide bonds. The Bertz CT molecular complexity index is 321. The van der Waals surface area contributed by atoms with E-state index in [1.807, 2.05) is 17.8 Å².